The zero-order valence-corrected chi connectivity index (χ0v) is 18.6. The number of ether oxygens (including phenoxy) is 2. The highest BCUT2D eigenvalue weighted by Crippen LogP contribution is 2.31. The molecule has 0 aliphatic carbocycles. The molecule has 8 heteroatoms. The zero-order valence-electron chi connectivity index (χ0n) is 17.0. The van der Waals surface area contributed by atoms with Crippen molar-refractivity contribution in [1.82, 2.24) is 4.90 Å². The van der Waals surface area contributed by atoms with E-state index in [-0.39, 0.29) is 36.3 Å². The van der Waals surface area contributed by atoms with Crippen molar-refractivity contribution in [2.45, 2.75) is 25.8 Å². The van der Waals surface area contributed by atoms with Crippen LogP contribution < -0.4 is 14.9 Å². The summed E-state index contributed by atoms with van der Waals surface area (Å²) in [5.74, 6) is 1.21. The highest BCUT2D eigenvalue weighted by atomic mass is 79.9. The first-order valence-electron chi connectivity index (χ1n) is 10.0. The number of rotatable bonds is 6. The first-order valence-corrected chi connectivity index (χ1v) is 10.8. The van der Waals surface area contributed by atoms with Crippen LogP contribution in [0.15, 0.2) is 56.1 Å². The van der Waals surface area contributed by atoms with Gasteiger partial charge >= 0.3 is 0 Å². The van der Waals surface area contributed by atoms with E-state index in [1.807, 2.05) is 18.2 Å². The maximum absolute atomic E-state index is 13.0. The molecule has 1 aliphatic rings. The number of carbonyl (C=O) groups excluding carboxylic acids is 1. The van der Waals surface area contributed by atoms with Gasteiger partial charge in [0.1, 0.15) is 22.8 Å². The van der Waals surface area contributed by atoms with Crippen molar-refractivity contribution in [3.8, 4) is 17.2 Å². The molecule has 1 aromatic heterocycles. The van der Waals surface area contributed by atoms with Gasteiger partial charge in [-0.3, -0.25) is 9.59 Å². The Balaban J connectivity index is 1.54. The minimum atomic E-state index is -0.292. The van der Waals surface area contributed by atoms with E-state index in [0.717, 1.165) is 17.3 Å². The lowest BCUT2D eigenvalue weighted by Gasteiger charge is -2.22. The molecular weight excluding hydrogens is 466 g/mol. The predicted octanol–water partition coefficient (Wildman–Crippen LogP) is 4.02. The number of aryl methyl sites for hydroxylation is 1. The van der Waals surface area contributed by atoms with Crippen LogP contribution in [0.1, 0.15) is 18.6 Å². The first kappa shape index (κ1) is 21.4. The molecule has 1 fully saturated rings. The molecule has 1 amide bonds. The van der Waals surface area contributed by atoms with Gasteiger partial charge in [0.2, 0.25) is 11.2 Å². The number of halogens is 1. The van der Waals surface area contributed by atoms with Gasteiger partial charge in [-0.05, 0) is 60.0 Å². The molecule has 1 unspecified atom stereocenters. The van der Waals surface area contributed by atoms with E-state index >= 15 is 0 Å². The van der Waals surface area contributed by atoms with Crippen LogP contribution in [0.2, 0.25) is 0 Å². The van der Waals surface area contributed by atoms with E-state index in [2.05, 4.69) is 15.9 Å². The van der Waals surface area contributed by atoms with Gasteiger partial charge in [-0.25, -0.2) is 0 Å². The Morgan fingerprint density at radius 2 is 2.10 bits per heavy atom. The molecule has 162 valence electrons. The molecule has 1 saturated heterocycles. The quantitative estimate of drug-likeness (QED) is 0.564. The van der Waals surface area contributed by atoms with Gasteiger partial charge in [0.25, 0.3) is 5.91 Å². The van der Waals surface area contributed by atoms with Crippen molar-refractivity contribution in [3.63, 3.8) is 0 Å². The van der Waals surface area contributed by atoms with E-state index in [1.165, 1.54) is 0 Å². The van der Waals surface area contributed by atoms with Gasteiger partial charge < -0.3 is 23.9 Å². The number of amides is 1. The maximum atomic E-state index is 13.0. The molecule has 2 heterocycles. The Bertz CT molecular complexity index is 1170. The average molecular weight is 488 g/mol. The fourth-order valence-electron chi connectivity index (χ4n) is 3.70. The average Bonchev–Trinajstić information content (AvgIpc) is 3.25. The molecule has 7 nitrogen and oxygen atoms in total. The number of aliphatic hydroxyl groups excluding tert-OH is 1. The largest absolute Gasteiger partial charge is 0.484 e. The third kappa shape index (κ3) is 4.45. The standard InChI is InChI=1S/C23H22BrNO6/c1-14-23(31-19-7-3-2-6-18(19)24)22(28)17-9-8-16(11-20(17)30-14)29-13-21(27)25-10-4-5-15(25)12-26/h2-3,6-9,11,15,26H,4-5,10,12-13H2,1H3. The van der Waals surface area contributed by atoms with Crippen molar-refractivity contribution in [3.05, 3.63) is 62.9 Å². The number of likely N-dealkylation sites (tertiary alicyclic amines) is 1. The number of para-hydroxylation sites is 1. The predicted molar refractivity (Wildman–Crippen MR) is 119 cm³/mol. The third-order valence-corrected chi connectivity index (χ3v) is 5.96. The van der Waals surface area contributed by atoms with Crippen molar-refractivity contribution >= 4 is 32.8 Å². The highest BCUT2D eigenvalue weighted by Gasteiger charge is 2.28. The minimum absolute atomic E-state index is 0.0455. The molecule has 1 N–H and O–H groups in total. The number of aliphatic hydroxyl groups is 1. The van der Waals surface area contributed by atoms with Crippen molar-refractivity contribution in [2.75, 3.05) is 19.8 Å². The summed E-state index contributed by atoms with van der Waals surface area (Å²) in [6.07, 6.45) is 1.67. The number of hydrogen-bond donors (Lipinski definition) is 1. The summed E-state index contributed by atoms with van der Waals surface area (Å²) in [6, 6.07) is 11.9. The molecule has 0 radical (unpaired) electrons. The highest BCUT2D eigenvalue weighted by molar-refractivity contribution is 9.10. The van der Waals surface area contributed by atoms with Crippen LogP contribution in [0.5, 0.6) is 17.2 Å². The van der Waals surface area contributed by atoms with Crippen LogP contribution in [0.4, 0.5) is 0 Å². The topological polar surface area (TPSA) is 89.2 Å². The van der Waals surface area contributed by atoms with E-state index in [1.54, 1.807) is 36.1 Å². The normalized spacial score (nSPS) is 16.0. The van der Waals surface area contributed by atoms with Crippen molar-refractivity contribution < 1.29 is 23.8 Å². The van der Waals surface area contributed by atoms with Gasteiger partial charge in [0.05, 0.1) is 22.5 Å². The van der Waals surface area contributed by atoms with Gasteiger partial charge in [-0.1, -0.05) is 12.1 Å². The third-order valence-electron chi connectivity index (χ3n) is 5.31. The Labute approximate surface area is 187 Å². The SMILES string of the molecule is Cc1oc2cc(OCC(=O)N3CCCC3CO)ccc2c(=O)c1Oc1ccccc1Br. The summed E-state index contributed by atoms with van der Waals surface area (Å²) in [5, 5.41) is 9.74. The lowest BCUT2D eigenvalue weighted by molar-refractivity contribution is -0.134. The molecule has 31 heavy (non-hydrogen) atoms. The molecule has 3 aromatic rings. The molecule has 0 spiro atoms. The summed E-state index contributed by atoms with van der Waals surface area (Å²) < 4.78 is 18.0. The Morgan fingerprint density at radius 1 is 1.29 bits per heavy atom. The monoisotopic (exact) mass is 487 g/mol. The van der Waals surface area contributed by atoms with Gasteiger partial charge in [-0.2, -0.15) is 0 Å². The van der Waals surface area contributed by atoms with E-state index < -0.39 is 0 Å². The van der Waals surface area contributed by atoms with E-state index in [4.69, 9.17) is 13.9 Å². The molecule has 4 rings (SSSR count). The maximum Gasteiger partial charge on any atom is 0.260 e. The van der Waals surface area contributed by atoms with Crippen LogP contribution >= 0.6 is 15.9 Å². The first-order chi connectivity index (χ1) is 15.0. The Hall–Kier alpha value is -2.84. The van der Waals surface area contributed by atoms with E-state index in [9.17, 15) is 14.7 Å². The molecule has 0 saturated carbocycles. The lowest BCUT2D eigenvalue weighted by atomic mass is 10.2. The summed E-state index contributed by atoms with van der Waals surface area (Å²) in [7, 11) is 0. The van der Waals surface area contributed by atoms with Gasteiger partial charge in [0, 0.05) is 12.6 Å². The summed E-state index contributed by atoms with van der Waals surface area (Å²) in [4.78, 5) is 27.0. The Morgan fingerprint density at radius 3 is 2.87 bits per heavy atom. The second kappa shape index (κ2) is 9.11. The van der Waals surface area contributed by atoms with Crippen LogP contribution in [-0.2, 0) is 4.79 Å². The van der Waals surface area contributed by atoms with Crippen LogP contribution in [0.25, 0.3) is 11.0 Å². The molecule has 0 bridgehead atoms. The minimum Gasteiger partial charge on any atom is -0.484 e. The summed E-state index contributed by atoms with van der Waals surface area (Å²) in [6.45, 7) is 2.09. The van der Waals surface area contributed by atoms with Crippen LogP contribution in [-0.4, -0.2) is 41.7 Å². The fraction of sp³-hybridized carbons (Fsp3) is 0.304. The summed E-state index contributed by atoms with van der Waals surface area (Å²) >= 11 is 3.40. The zero-order chi connectivity index (χ0) is 22.0. The second-order valence-corrected chi connectivity index (χ2v) is 8.22. The van der Waals surface area contributed by atoms with Crippen LogP contribution in [0, 0.1) is 6.92 Å². The second-order valence-electron chi connectivity index (χ2n) is 7.36. The van der Waals surface area contributed by atoms with Gasteiger partial charge in [-0.15, -0.1) is 0 Å². The molecule has 1 aliphatic heterocycles. The molecular formula is C23H22BrNO6. The fourth-order valence-corrected chi connectivity index (χ4v) is 4.06. The lowest BCUT2D eigenvalue weighted by Crippen LogP contribution is -2.40. The van der Waals surface area contributed by atoms with E-state index in [0.29, 0.717) is 34.8 Å². The van der Waals surface area contributed by atoms with Crippen LogP contribution in [0.3, 0.4) is 0 Å². The van der Waals surface area contributed by atoms with Crippen molar-refractivity contribution in [1.29, 1.82) is 0 Å². The Kier molecular flexibility index (Phi) is 6.29. The number of hydrogen-bond acceptors (Lipinski definition) is 6. The number of nitrogens with zero attached hydrogens (tertiary/aromatic N) is 1. The number of carbonyl (C=O) groups is 1. The van der Waals surface area contributed by atoms with Gasteiger partial charge in [0.15, 0.2) is 6.61 Å². The number of benzene rings is 2. The summed E-state index contributed by atoms with van der Waals surface area (Å²) in [5.41, 5.74) is 0.0568. The molecule has 1 atom stereocenters. The van der Waals surface area contributed by atoms with Crippen molar-refractivity contribution in [2.24, 2.45) is 0 Å². The molecule has 2 aromatic carbocycles. The smallest absolute Gasteiger partial charge is 0.260 e. The number of fused-ring (bicyclic) bond motifs is 1.